The number of pyridine rings is 2. The van der Waals surface area contributed by atoms with Crippen LogP contribution in [-0.2, 0) is 16.2 Å². The summed E-state index contributed by atoms with van der Waals surface area (Å²) in [5, 5.41) is 2.21. The van der Waals surface area contributed by atoms with Crippen molar-refractivity contribution < 1.29 is 0 Å². The van der Waals surface area contributed by atoms with Gasteiger partial charge in [0.1, 0.15) is 12.3 Å². The summed E-state index contributed by atoms with van der Waals surface area (Å²) in [7, 11) is 0. The summed E-state index contributed by atoms with van der Waals surface area (Å²) >= 11 is 0. The van der Waals surface area contributed by atoms with Gasteiger partial charge in [0.05, 0.1) is 39.1 Å². The lowest BCUT2D eigenvalue weighted by atomic mass is 9.67. The second-order valence-electron chi connectivity index (χ2n) is 16.7. The maximum Gasteiger partial charge on any atom is 0.178 e. The summed E-state index contributed by atoms with van der Waals surface area (Å²) in [6.07, 6.45) is 2.18. The van der Waals surface area contributed by atoms with Crippen LogP contribution in [0.1, 0.15) is 77.0 Å². The number of aromatic nitrogens is 5. The third kappa shape index (κ3) is 4.72. The molecule has 1 aliphatic heterocycles. The van der Waals surface area contributed by atoms with Crippen molar-refractivity contribution in [2.75, 3.05) is 16.5 Å². The van der Waals surface area contributed by atoms with Gasteiger partial charge in [0, 0.05) is 38.4 Å². The molecule has 0 amide bonds. The molecule has 0 radical (unpaired) electrons. The van der Waals surface area contributed by atoms with E-state index in [2.05, 4.69) is 165 Å². The highest BCUT2D eigenvalue weighted by Crippen LogP contribution is 2.50. The Morgan fingerprint density at radius 3 is 1.92 bits per heavy atom. The first kappa shape index (κ1) is 31.9. The average molecular weight is 694 g/mol. The van der Waals surface area contributed by atoms with E-state index in [0.717, 1.165) is 91.4 Å². The Morgan fingerprint density at radius 1 is 0.566 bits per heavy atom. The minimum Gasteiger partial charge on any atom is -0.305 e. The summed E-state index contributed by atoms with van der Waals surface area (Å²) in [6.45, 7) is 14.5. The van der Waals surface area contributed by atoms with E-state index in [1.165, 1.54) is 5.56 Å². The molecule has 7 heteroatoms. The summed E-state index contributed by atoms with van der Waals surface area (Å²) in [5.74, 6) is 1.84. The van der Waals surface area contributed by atoms with Crippen molar-refractivity contribution in [3.8, 4) is 0 Å². The maximum atomic E-state index is 5.53. The van der Waals surface area contributed by atoms with Crippen molar-refractivity contribution in [3.05, 3.63) is 138 Å². The van der Waals surface area contributed by atoms with Crippen molar-refractivity contribution in [2.45, 2.75) is 70.6 Å². The normalized spacial score (nSPS) is 16.5. The van der Waals surface area contributed by atoms with Crippen molar-refractivity contribution in [3.63, 3.8) is 0 Å². The zero-order valence-electron chi connectivity index (χ0n) is 31.2. The van der Waals surface area contributed by atoms with Gasteiger partial charge in [-0.25, -0.2) is 19.9 Å². The van der Waals surface area contributed by atoms with Gasteiger partial charge in [0.15, 0.2) is 11.6 Å². The molecule has 0 N–H and O–H groups in total. The predicted octanol–water partition coefficient (Wildman–Crippen LogP) is 10.9. The first-order valence-electron chi connectivity index (χ1n) is 18.7. The smallest absolute Gasteiger partial charge is 0.178 e. The lowest BCUT2D eigenvalue weighted by Crippen LogP contribution is -2.36. The highest BCUT2D eigenvalue weighted by molar-refractivity contribution is 6.12. The van der Waals surface area contributed by atoms with Crippen LogP contribution < -0.4 is 9.80 Å². The molecule has 0 atom stereocenters. The number of hydrogen-bond acceptors (Lipinski definition) is 6. The highest BCUT2D eigenvalue weighted by Gasteiger charge is 2.43. The molecule has 0 saturated heterocycles. The standard InChI is InChI=1S/C46H43N7/c1-44(2)25-26-45(3,4)40-39(44)49-42-43(50-40)52(28-51(42)30-16-8-7-9-17-30)31-18-14-15-29(27-31)46(5,6)37-24-23-36-38(48-37)32-19-10-11-20-33(32)41-47-34-21-12-13-22-35(34)53(36)41/h7-24,27H,25-26,28H2,1-6H3. The molecule has 10 rings (SSSR count). The van der Waals surface area contributed by atoms with Gasteiger partial charge in [-0.15, -0.1) is 0 Å². The quantitative estimate of drug-likeness (QED) is 0.171. The number of anilines is 4. The number of para-hydroxylation sites is 3. The highest BCUT2D eigenvalue weighted by atomic mass is 15.4. The van der Waals surface area contributed by atoms with Gasteiger partial charge >= 0.3 is 0 Å². The van der Waals surface area contributed by atoms with Crippen LogP contribution in [0.2, 0.25) is 0 Å². The topological polar surface area (TPSA) is 62.5 Å². The van der Waals surface area contributed by atoms with E-state index < -0.39 is 5.41 Å². The van der Waals surface area contributed by atoms with Gasteiger partial charge in [-0.05, 0) is 66.9 Å². The Hall–Kier alpha value is -5.82. The summed E-state index contributed by atoms with van der Waals surface area (Å²) < 4.78 is 2.27. The zero-order chi connectivity index (χ0) is 36.3. The van der Waals surface area contributed by atoms with Crippen LogP contribution >= 0.6 is 0 Å². The van der Waals surface area contributed by atoms with Crippen LogP contribution in [0.4, 0.5) is 23.0 Å². The SMILES string of the molecule is CC1(C)CCC(C)(C)c2nc3c(nc21)N(c1ccccc1)CN3c1cccc(C(C)(C)c2ccc3c(n2)c2ccccc2c2nc4ccccc4n32)c1. The Morgan fingerprint density at radius 2 is 1.19 bits per heavy atom. The Kier molecular flexibility index (Phi) is 6.67. The summed E-state index contributed by atoms with van der Waals surface area (Å²) in [6, 6.07) is 40.8. The molecule has 4 aromatic heterocycles. The number of nitrogens with zero attached hydrogens (tertiary/aromatic N) is 7. The fraction of sp³-hybridized carbons (Fsp3) is 0.261. The molecule has 2 aliphatic rings. The Balaban J connectivity index is 1.11. The van der Waals surface area contributed by atoms with E-state index >= 15 is 0 Å². The second-order valence-corrected chi connectivity index (χ2v) is 16.7. The van der Waals surface area contributed by atoms with E-state index in [1.54, 1.807) is 0 Å². The molecule has 0 fully saturated rings. The van der Waals surface area contributed by atoms with E-state index in [4.69, 9.17) is 19.9 Å². The van der Waals surface area contributed by atoms with E-state index in [1.807, 2.05) is 6.07 Å². The number of benzene rings is 4. The summed E-state index contributed by atoms with van der Waals surface area (Å²) in [5.41, 5.74) is 11.2. The van der Waals surface area contributed by atoms with Crippen molar-refractivity contribution in [1.82, 2.24) is 24.3 Å². The molecular formula is C46H43N7. The van der Waals surface area contributed by atoms with Gasteiger partial charge in [0.25, 0.3) is 0 Å². The molecule has 7 nitrogen and oxygen atoms in total. The van der Waals surface area contributed by atoms with Crippen LogP contribution in [0.5, 0.6) is 0 Å². The minimum absolute atomic E-state index is 0.0402. The van der Waals surface area contributed by atoms with E-state index in [-0.39, 0.29) is 10.8 Å². The van der Waals surface area contributed by atoms with Gasteiger partial charge in [-0.2, -0.15) is 0 Å². The second kappa shape index (κ2) is 11.1. The molecule has 53 heavy (non-hydrogen) atoms. The summed E-state index contributed by atoms with van der Waals surface area (Å²) in [4.78, 5) is 26.2. The van der Waals surface area contributed by atoms with Crippen molar-refractivity contribution >= 4 is 61.5 Å². The van der Waals surface area contributed by atoms with Gasteiger partial charge in [0.2, 0.25) is 0 Å². The molecule has 4 aromatic carbocycles. The number of fused-ring (bicyclic) bond motifs is 10. The lowest BCUT2D eigenvalue weighted by molar-refractivity contribution is 0.315. The van der Waals surface area contributed by atoms with Crippen LogP contribution in [-0.4, -0.2) is 31.0 Å². The molecule has 0 unspecified atom stereocenters. The first-order valence-corrected chi connectivity index (χ1v) is 18.7. The zero-order valence-corrected chi connectivity index (χ0v) is 31.2. The third-order valence-corrected chi connectivity index (χ3v) is 12.0. The molecule has 0 saturated carbocycles. The number of rotatable bonds is 4. The largest absolute Gasteiger partial charge is 0.305 e. The van der Waals surface area contributed by atoms with Gasteiger partial charge in [-0.3, -0.25) is 4.40 Å². The fourth-order valence-electron chi connectivity index (χ4n) is 8.60. The fourth-order valence-corrected chi connectivity index (χ4v) is 8.60. The Labute approximate surface area is 310 Å². The lowest BCUT2D eigenvalue weighted by Gasteiger charge is -2.40. The number of imidazole rings is 1. The van der Waals surface area contributed by atoms with Gasteiger partial charge in [-0.1, -0.05) is 108 Å². The third-order valence-electron chi connectivity index (χ3n) is 12.0. The molecule has 8 aromatic rings. The molecule has 1 aliphatic carbocycles. The van der Waals surface area contributed by atoms with Crippen molar-refractivity contribution in [2.24, 2.45) is 0 Å². The minimum atomic E-state index is -0.396. The Bertz CT molecular complexity index is 2760. The average Bonchev–Trinajstić information content (AvgIpc) is 3.76. The maximum absolute atomic E-state index is 5.53. The van der Waals surface area contributed by atoms with Crippen LogP contribution in [0.3, 0.4) is 0 Å². The first-order chi connectivity index (χ1) is 25.5. The van der Waals surface area contributed by atoms with E-state index in [0.29, 0.717) is 6.67 Å². The molecular weight excluding hydrogens is 651 g/mol. The van der Waals surface area contributed by atoms with Gasteiger partial charge < -0.3 is 9.80 Å². The van der Waals surface area contributed by atoms with E-state index in [9.17, 15) is 0 Å². The van der Waals surface area contributed by atoms with Crippen molar-refractivity contribution in [1.29, 1.82) is 0 Å². The van der Waals surface area contributed by atoms with Crippen LogP contribution in [0.15, 0.2) is 115 Å². The van der Waals surface area contributed by atoms with Crippen LogP contribution in [0, 0.1) is 0 Å². The molecule has 0 spiro atoms. The predicted molar refractivity (Wildman–Crippen MR) is 217 cm³/mol. The monoisotopic (exact) mass is 693 g/mol. The number of hydrogen-bond donors (Lipinski definition) is 0. The molecule has 262 valence electrons. The van der Waals surface area contributed by atoms with Crippen LogP contribution in [0.25, 0.3) is 38.5 Å². The molecule has 5 heterocycles. The molecule has 0 bridgehead atoms.